The molecule has 5 aromatic rings. The molecule has 0 radical (unpaired) electrons. The number of aromatic nitrogens is 3. The Morgan fingerprint density at radius 2 is 1.19 bits per heavy atom. The monoisotopic (exact) mass is 419 g/mol. The Bertz CT molecular complexity index is 1320. The van der Waals surface area contributed by atoms with Crippen molar-refractivity contribution < 1.29 is 0 Å². The maximum Gasteiger partial charge on any atom is 0.160 e. The molecule has 0 N–H and O–H groups in total. The molecule has 0 fully saturated rings. The molecule has 0 aliphatic rings. The third-order valence-corrected chi connectivity index (χ3v) is 5.29. The Morgan fingerprint density at radius 1 is 0.516 bits per heavy atom. The van der Waals surface area contributed by atoms with Crippen LogP contribution in [-0.4, -0.2) is 15.0 Å². The van der Waals surface area contributed by atoms with Gasteiger partial charge in [-0.15, -0.1) is 0 Å². The second kappa shape index (κ2) is 8.50. The van der Waals surface area contributed by atoms with E-state index in [1.807, 2.05) is 72.9 Å². The van der Waals surface area contributed by atoms with Gasteiger partial charge in [0.05, 0.1) is 11.4 Å². The van der Waals surface area contributed by atoms with Crippen LogP contribution in [0.2, 0.25) is 5.02 Å². The number of hydrogen-bond acceptors (Lipinski definition) is 3. The highest BCUT2D eigenvalue weighted by molar-refractivity contribution is 6.30. The van der Waals surface area contributed by atoms with Crippen LogP contribution in [0.15, 0.2) is 109 Å². The summed E-state index contributed by atoms with van der Waals surface area (Å²) >= 11 is 6.24. The molecule has 3 aromatic carbocycles. The zero-order valence-electron chi connectivity index (χ0n) is 16.6. The molecule has 2 aromatic heterocycles. The van der Waals surface area contributed by atoms with E-state index in [9.17, 15) is 0 Å². The lowest BCUT2D eigenvalue weighted by molar-refractivity contribution is 1.18. The summed E-state index contributed by atoms with van der Waals surface area (Å²) in [6.07, 6.45) is 3.64. The molecule has 0 bridgehead atoms. The molecular weight excluding hydrogens is 402 g/mol. The smallest absolute Gasteiger partial charge is 0.160 e. The van der Waals surface area contributed by atoms with Gasteiger partial charge in [-0.05, 0) is 35.4 Å². The van der Waals surface area contributed by atoms with Gasteiger partial charge in [0.1, 0.15) is 0 Å². The average Bonchev–Trinajstić information content (AvgIpc) is 2.85. The average molecular weight is 420 g/mol. The van der Waals surface area contributed by atoms with Crippen molar-refractivity contribution in [3.8, 4) is 45.0 Å². The highest BCUT2D eigenvalue weighted by Crippen LogP contribution is 2.29. The number of halogens is 1. The third kappa shape index (κ3) is 4.23. The van der Waals surface area contributed by atoms with Gasteiger partial charge in [-0.1, -0.05) is 84.4 Å². The lowest BCUT2D eigenvalue weighted by atomic mass is 10.0. The van der Waals surface area contributed by atoms with Gasteiger partial charge in [-0.2, -0.15) is 0 Å². The van der Waals surface area contributed by atoms with Crippen LogP contribution in [0, 0.1) is 0 Å². The summed E-state index contributed by atoms with van der Waals surface area (Å²) in [7, 11) is 0. The summed E-state index contributed by atoms with van der Waals surface area (Å²) in [5.41, 5.74) is 6.85. The van der Waals surface area contributed by atoms with Crippen LogP contribution in [0.3, 0.4) is 0 Å². The highest BCUT2D eigenvalue weighted by atomic mass is 35.5. The zero-order chi connectivity index (χ0) is 21.0. The van der Waals surface area contributed by atoms with Gasteiger partial charge in [-0.3, -0.25) is 4.98 Å². The van der Waals surface area contributed by atoms with E-state index in [2.05, 4.69) is 35.3 Å². The highest BCUT2D eigenvalue weighted by Gasteiger charge is 2.11. The number of hydrogen-bond donors (Lipinski definition) is 0. The SMILES string of the molecule is Clc1cccc(-c2cc(-c3ccc(-c4cccnc4)cc3)nc(-c3ccccc3)n2)c1. The van der Waals surface area contributed by atoms with E-state index in [0.29, 0.717) is 10.8 Å². The first-order chi connectivity index (χ1) is 15.3. The van der Waals surface area contributed by atoms with Crippen LogP contribution in [0.25, 0.3) is 45.0 Å². The van der Waals surface area contributed by atoms with Gasteiger partial charge in [0, 0.05) is 34.1 Å². The van der Waals surface area contributed by atoms with Crippen molar-refractivity contribution in [2.75, 3.05) is 0 Å². The van der Waals surface area contributed by atoms with E-state index in [0.717, 1.165) is 39.2 Å². The van der Waals surface area contributed by atoms with E-state index in [-0.39, 0.29) is 0 Å². The van der Waals surface area contributed by atoms with Crippen LogP contribution >= 0.6 is 11.6 Å². The molecule has 5 rings (SSSR count). The number of rotatable bonds is 4. The summed E-state index contributed by atoms with van der Waals surface area (Å²) in [5.74, 6) is 0.685. The number of pyridine rings is 1. The Hall–Kier alpha value is -3.82. The van der Waals surface area contributed by atoms with E-state index in [1.165, 1.54) is 0 Å². The summed E-state index contributed by atoms with van der Waals surface area (Å²) in [4.78, 5) is 13.9. The molecule has 0 atom stereocenters. The van der Waals surface area contributed by atoms with Crippen LogP contribution in [-0.2, 0) is 0 Å². The van der Waals surface area contributed by atoms with E-state index in [4.69, 9.17) is 21.6 Å². The molecule has 0 saturated heterocycles. The summed E-state index contributed by atoms with van der Waals surface area (Å²) in [6.45, 7) is 0. The largest absolute Gasteiger partial charge is 0.264 e. The van der Waals surface area contributed by atoms with Gasteiger partial charge < -0.3 is 0 Å². The topological polar surface area (TPSA) is 38.7 Å². The first-order valence-corrected chi connectivity index (χ1v) is 10.4. The fourth-order valence-corrected chi connectivity index (χ4v) is 3.66. The van der Waals surface area contributed by atoms with Gasteiger partial charge in [0.25, 0.3) is 0 Å². The first kappa shape index (κ1) is 19.2. The van der Waals surface area contributed by atoms with E-state index in [1.54, 1.807) is 6.20 Å². The summed E-state index contributed by atoms with van der Waals surface area (Å²) < 4.78 is 0. The van der Waals surface area contributed by atoms with Crippen LogP contribution in [0.4, 0.5) is 0 Å². The minimum Gasteiger partial charge on any atom is -0.264 e. The summed E-state index contributed by atoms with van der Waals surface area (Å²) in [5, 5.41) is 0.680. The maximum atomic E-state index is 6.24. The van der Waals surface area contributed by atoms with Gasteiger partial charge in [-0.25, -0.2) is 9.97 Å². The molecule has 3 nitrogen and oxygen atoms in total. The quantitative estimate of drug-likeness (QED) is 0.309. The molecule has 0 amide bonds. The van der Waals surface area contributed by atoms with Crippen molar-refractivity contribution >= 4 is 11.6 Å². The van der Waals surface area contributed by atoms with Crippen LogP contribution < -0.4 is 0 Å². The molecule has 0 saturated carbocycles. The molecule has 0 aliphatic carbocycles. The Morgan fingerprint density at radius 3 is 1.90 bits per heavy atom. The predicted molar refractivity (Wildman–Crippen MR) is 127 cm³/mol. The van der Waals surface area contributed by atoms with Crippen molar-refractivity contribution in [3.63, 3.8) is 0 Å². The van der Waals surface area contributed by atoms with E-state index >= 15 is 0 Å². The fourth-order valence-electron chi connectivity index (χ4n) is 3.47. The minimum absolute atomic E-state index is 0.680. The predicted octanol–water partition coefficient (Wildman–Crippen LogP) is 7.19. The van der Waals surface area contributed by atoms with E-state index < -0.39 is 0 Å². The van der Waals surface area contributed by atoms with Crippen molar-refractivity contribution in [1.82, 2.24) is 15.0 Å². The first-order valence-electron chi connectivity index (χ1n) is 9.97. The second-order valence-electron chi connectivity index (χ2n) is 7.16. The molecule has 4 heteroatoms. The Kier molecular flexibility index (Phi) is 5.26. The Balaban J connectivity index is 1.61. The van der Waals surface area contributed by atoms with Crippen molar-refractivity contribution in [2.45, 2.75) is 0 Å². The number of nitrogens with zero attached hydrogens (tertiary/aromatic N) is 3. The zero-order valence-corrected chi connectivity index (χ0v) is 17.4. The maximum absolute atomic E-state index is 6.24. The van der Waals surface area contributed by atoms with Crippen molar-refractivity contribution in [3.05, 3.63) is 114 Å². The molecule has 0 spiro atoms. The lowest BCUT2D eigenvalue weighted by Gasteiger charge is -2.10. The van der Waals surface area contributed by atoms with Gasteiger partial charge in [0.15, 0.2) is 5.82 Å². The molecule has 2 heterocycles. The molecule has 148 valence electrons. The lowest BCUT2D eigenvalue weighted by Crippen LogP contribution is -1.96. The molecule has 0 unspecified atom stereocenters. The Labute approximate surface area is 186 Å². The van der Waals surface area contributed by atoms with Crippen LogP contribution in [0.1, 0.15) is 0 Å². The normalized spacial score (nSPS) is 10.7. The third-order valence-electron chi connectivity index (χ3n) is 5.05. The van der Waals surface area contributed by atoms with Crippen molar-refractivity contribution in [2.24, 2.45) is 0 Å². The molecule has 0 aliphatic heterocycles. The van der Waals surface area contributed by atoms with Gasteiger partial charge >= 0.3 is 0 Å². The molecule has 31 heavy (non-hydrogen) atoms. The number of benzene rings is 3. The van der Waals surface area contributed by atoms with Crippen molar-refractivity contribution in [1.29, 1.82) is 0 Å². The molecular formula is C27H18ClN3. The fraction of sp³-hybridized carbons (Fsp3) is 0. The second-order valence-corrected chi connectivity index (χ2v) is 7.59. The van der Waals surface area contributed by atoms with Gasteiger partial charge in [0.2, 0.25) is 0 Å². The standard InChI is InChI=1S/C27H18ClN3/c28-24-10-4-8-22(16-24)26-17-25(30-27(31-26)21-6-2-1-3-7-21)20-13-11-19(12-14-20)23-9-5-15-29-18-23/h1-18H. The summed E-state index contributed by atoms with van der Waals surface area (Å²) in [6, 6.07) is 32.1. The minimum atomic E-state index is 0.680. The van der Waals surface area contributed by atoms with Crippen LogP contribution in [0.5, 0.6) is 0 Å².